The van der Waals surface area contributed by atoms with Crippen molar-refractivity contribution in [2.45, 2.75) is 53.1 Å². The Bertz CT molecular complexity index is 1100. The number of unbranched alkanes of at least 4 members (excludes halogenated alkanes) is 1. The molecule has 0 aromatic heterocycles. The molecule has 34 heavy (non-hydrogen) atoms. The van der Waals surface area contributed by atoms with Crippen LogP contribution in [-0.4, -0.2) is 50.5 Å². The number of sulfonamides is 1. The Labute approximate surface area is 208 Å². The molecule has 0 aliphatic rings. The number of anilines is 1. The van der Waals surface area contributed by atoms with Crippen LogP contribution in [0.15, 0.2) is 42.5 Å². The largest absolute Gasteiger partial charge is 0.354 e. The van der Waals surface area contributed by atoms with Gasteiger partial charge in [0.25, 0.3) is 0 Å². The van der Waals surface area contributed by atoms with Crippen LogP contribution in [0.2, 0.25) is 5.02 Å². The number of hydrogen-bond acceptors (Lipinski definition) is 4. The maximum Gasteiger partial charge on any atom is 0.244 e. The number of rotatable bonds is 11. The molecule has 1 atom stereocenters. The first kappa shape index (κ1) is 27.7. The van der Waals surface area contributed by atoms with Crippen LogP contribution in [0.4, 0.5) is 5.69 Å². The van der Waals surface area contributed by atoms with E-state index in [0.29, 0.717) is 17.3 Å². The van der Waals surface area contributed by atoms with Gasteiger partial charge in [0.2, 0.25) is 21.8 Å². The van der Waals surface area contributed by atoms with Gasteiger partial charge in [-0.3, -0.25) is 13.9 Å². The van der Waals surface area contributed by atoms with Gasteiger partial charge in [-0.05, 0) is 68.1 Å². The second kappa shape index (κ2) is 12.2. The Hall–Kier alpha value is -2.58. The van der Waals surface area contributed by atoms with E-state index in [0.717, 1.165) is 40.1 Å². The van der Waals surface area contributed by atoms with Gasteiger partial charge < -0.3 is 10.2 Å². The van der Waals surface area contributed by atoms with Gasteiger partial charge in [0.05, 0.1) is 11.9 Å². The van der Waals surface area contributed by atoms with Crippen LogP contribution in [0.5, 0.6) is 0 Å². The van der Waals surface area contributed by atoms with Crippen molar-refractivity contribution >= 4 is 39.1 Å². The molecule has 0 aliphatic heterocycles. The molecule has 2 amide bonds. The molecule has 1 unspecified atom stereocenters. The van der Waals surface area contributed by atoms with E-state index in [2.05, 4.69) is 5.32 Å². The van der Waals surface area contributed by atoms with E-state index < -0.39 is 28.5 Å². The standard InChI is InChI=1S/C25H34ClN3O4S/c1-6-7-11-27-25(31)20(4)28(16-21-9-8-10-22(26)15-21)24(30)17-29(34(5,32)33)23-13-18(2)12-19(3)14-23/h8-10,12-15,20H,6-7,11,16-17H2,1-5H3,(H,27,31). The fraction of sp³-hybridized carbons (Fsp3) is 0.440. The summed E-state index contributed by atoms with van der Waals surface area (Å²) in [4.78, 5) is 27.7. The molecule has 7 nitrogen and oxygen atoms in total. The molecule has 0 saturated carbocycles. The Morgan fingerprint density at radius 3 is 2.29 bits per heavy atom. The fourth-order valence-corrected chi connectivity index (χ4v) is 4.71. The van der Waals surface area contributed by atoms with Crippen LogP contribution in [0.25, 0.3) is 0 Å². The third-order valence-electron chi connectivity index (χ3n) is 5.41. The van der Waals surface area contributed by atoms with E-state index in [1.807, 2.05) is 32.9 Å². The summed E-state index contributed by atoms with van der Waals surface area (Å²) in [6.45, 7) is 7.61. The van der Waals surface area contributed by atoms with Gasteiger partial charge in [-0.15, -0.1) is 0 Å². The lowest BCUT2D eigenvalue weighted by Gasteiger charge is -2.31. The summed E-state index contributed by atoms with van der Waals surface area (Å²) in [7, 11) is -3.76. The zero-order chi connectivity index (χ0) is 25.5. The number of halogens is 1. The number of benzene rings is 2. The monoisotopic (exact) mass is 507 g/mol. The highest BCUT2D eigenvalue weighted by Crippen LogP contribution is 2.22. The number of aryl methyl sites for hydroxylation is 2. The molecule has 186 valence electrons. The van der Waals surface area contributed by atoms with Crippen molar-refractivity contribution in [3.8, 4) is 0 Å². The number of nitrogens with one attached hydrogen (secondary N) is 1. The summed E-state index contributed by atoms with van der Waals surface area (Å²) in [6.07, 6.45) is 2.83. The van der Waals surface area contributed by atoms with Crippen molar-refractivity contribution in [1.29, 1.82) is 0 Å². The van der Waals surface area contributed by atoms with E-state index in [4.69, 9.17) is 11.6 Å². The number of carbonyl (C=O) groups is 2. The van der Waals surface area contributed by atoms with E-state index in [1.165, 1.54) is 4.90 Å². The molecule has 2 aromatic carbocycles. The molecular weight excluding hydrogens is 474 g/mol. The maximum absolute atomic E-state index is 13.5. The average molecular weight is 508 g/mol. The van der Waals surface area contributed by atoms with Gasteiger partial charge in [0.15, 0.2) is 0 Å². The van der Waals surface area contributed by atoms with Crippen LogP contribution < -0.4 is 9.62 Å². The normalized spacial score (nSPS) is 12.2. The van der Waals surface area contributed by atoms with Gasteiger partial charge in [-0.25, -0.2) is 8.42 Å². The van der Waals surface area contributed by atoms with E-state index in [9.17, 15) is 18.0 Å². The van der Waals surface area contributed by atoms with Gasteiger partial charge in [0.1, 0.15) is 12.6 Å². The zero-order valence-electron chi connectivity index (χ0n) is 20.5. The van der Waals surface area contributed by atoms with Crippen molar-refractivity contribution in [2.24, 2.45) is 0 Å². The summed E-state index contributed by atoms with van der Waals surface area (Å²) in [5.74, 6) is -0.774. The van der Waals surface area contributed by atoms with Crippen LogP contribution in [0.1, 0.15) is 43.4 Å². The summed E-state index contributed by atoms with van der Waals surface area (Å²) in [5, 5.41) is 3.37. The minimum atomic E-state index is -3.76. The molecule has 0 heterocycles. The number of amides is 2. The molecule has 0 fully saturated rings. The van der Waals surface area contributed by atoms with Crippen LogP contribution in [0.3, 0.4) is 0 Å². The molecule has 2 rings (SSSR count). The highest BCUT2D eigenvalue weighted by molar-refractivity contribution is 7.92. The van der Waals surface area contributed by atoms with E-state index in [1.54, 1.807) is 37.3 Å². The summed E-state index contributed by atoms with van der Waals surface area (Å²) in [6, 6.07) is 11.6. The quantitative estimate of drug-likeness (QED) is 0.465. The molecule has 9 heteroatoms. The Morgan fingerprint density at radius 1 is 1.09 bits per heavy atom. The SMILES string of the molecule is CCCCNC(=O)C(C)N(Cc1cccc(Cl)c1)C(=O)CN(c1cc(C)cc(C)c1)S(C)(=O)=O. The lowest BCUT2D eigenvalue weighted by Crippen LogP contribution is -2.51. The maximum atomic E-state index is 13.5. The second-order valence-electron chi connectivity index (χ2n) is 8.59. The predicted octanol–water partition coefficient (Wildman–Crippen LogP) is 4.06. The van der Waals surface area contributed by atoms with Crippen LogP contribution >= 0.6 is 11.6 Å². The van der Waals surface area contributed by atoms with Gasteiger partial charge in [0, 0.05) is 18.1 Å². The average Bonchev–Trinajstić information content (AvgIpc) is 2.73. The van der Waals surface area contributed by atoms with Gasteiger partial charge in [-0.2, -0.15) is 0 Å². The first-order valence-corrected chi connectivity index (χ1v) is 13.5. The molecule has 2 aromatic rings. The Kier molecular flexibility index (Phi) is 9.94. The molecule has 0 radical (unpaired) electrons. The Morgan fingerprint density at radius 2 is 1.74 bits per heavy atom. The topological polar surface area (TPSA) is 86.8 Å². The number of hydrogen-bond donors (Lipinski definition) is 1. The van der Waals surface area contributed by atoms with Gasteiger partial charge in [-0.1, -0.05) is 43.1 Å². The highest BCUT2D eigenvalue weighted by Gasteiger charge is 2.30. The van der Waals surface area contributed by atoms with E-state index >= 15 is 0 Å². The van der Waals surface area contributed by atoms with Crippen LogP contribution in [-0.2, 0) is 26.2 Å². The smallest absolute Gasteiger partial charge is 0.244 e. The highest BCUT2D eigenvalue weighted by atomic mass is 35.5. The Balaban J connectivity index is 2.38. The zero-order valence-corrected chi connectivity index (χ0v) is 22.0. The lowest BCUT2D eigenvalue weighted by atomic mass is 10.1. The third kappa shape index (κ3) is 8.02. The van der Waals surface area contributed by atoms with Crippen molar-refractivity contribution in [3.63, 3.8) is 0 Å². The van der Waals surface area contributed by atoms with Crippen molar-refractivity contribution in [2.75, 3.05) is 23.7 Å². The number of nitrogens with zero attached hydrogens (tertiary/aromatic N) is 2. The third-order valence-corrected chi connectivity index (χ3v) is 6.79. The summed E-state index contributed by atoms with van der Waals surface area (Å²) >= 11 is 6.12. The number of carbonyl (C=O) groups excluding carboxylic acids is 2. The molecule has 0 saturated heterocycles. The molecule has 1 N–H and O–H groups in total. The second-order valence-corrected chi connectivity index (χ2v) is 10.9. The first-order valence-electron chi connectivity index (χ1n) is 11.3. The molecule has 0 aliphatic carbocycles. The minimum Gasteiger partial charge on any atom is -0.354 e. The summed E-state index contributed by atoms with van der Waals surface area (Å²) < 4.78 is 26.4. The summed E-state index contributed by atoms with van der Waals surface area (Å²) in [5.41, 5.74) is 2.92. The fourth-order valence-electron chi connectivity index (χ4n) is 3.66. The van der Waals surface area contributed by atoms with Crippen molar-refractivity contribution < 1.29 is 18.0 Å². The van der Waals surface area contributed by atoms with Gasteiger partial charge >= 0.3 is 0 Å². The van der Waals surface area contributed by atoms with Crippen molar-refractivity contribution in [3.05, 3.63) is 64.2 Å². The van der Waals surface area contributed by atoms with Crippen molar-refractivity contribution in [1.82, 2.24) is 10.2 Å². The lowest BCUT2D eigenvalue weighted by molar-refractivity contribution is -0.139. The molecular formula is C25H34ClN3O4S. The minimum absolute atomic E-state index is 0.117. The molecule has 0 spiro atoms. The van der Waals surface area contributed by atoms with Crippen LogP contribution in [0, 0.1) is 13.8 Å². The first-order chi connectivity index (χ1) is 15.9. The molecule has 0 bridgehead atoms. The predicted molar refractivity (Wildman–Crippen MR) is 137 cm³/mol. The van der Waals surface area contributed by atoms with E-state index in [-0.39, 0.29) is 12.5 Å².